The van der Waals surface area contributed by atoms with Crippen molar-refractivity contribution in [2.24, 2.45) is 0 Å². The molecule has 0 aliphatic carbocycles. The van der Waals surface area contributed by atoms with Gasteiger partial charge in [0.15, 0.2) is 6.29 Å². The Bertz CT molecular complexity index is 1060. The second kappa shape index (κ2) is 44.1. The minimum atomic E-state index is -1.66. The molecule has 1 amide bonds. The molecule has 0 aromatic carbocycles. The number of hydrogen-bond acceptors (Lipinski definition) is 10. The van der Waals surface area contributed by atoms with Gasteiger partial charge in [-0.2, -0.15) is 0 Å². The van der Waals surface area contributed by atoms with E-state index in [1.807, 2.05) is 0 Å². The van der Waals surface area contributed by atoms with Gasteiger partial charge in [0.1, 0.15) is 36.6 Å². The molecule has 1 saturated heterocycles. The number of unbranched alkanes of at least 4 members (excludes halogenated alkanes) is 33. The first-order valence-corrected chi connectivity index (χ1v) is 27.6. The van der Waals surface area contributed by atoms with Crippen LogP contribution in [0.15, 0.2) is 12.2 Å². The molecule has 11 heteroatoms. The van der Waals surface area contributed by atoms with Gasteiger partial charge in [0.2, 0.25) is 5.91 Å². The molecule has 0 bridgehead atoms. The summed E-state index contributed by atoms with van der Waals surface area (Å²) in [5.41, 5.74) is 0. The number of carbonyl (C=O) groups excluding carboxylic acids is 1. The lowest BCUT2D eigenvalue weighted by molar-refractivity contribution is -0.303. The van der Waals surface area contributed by atoms with E-state index in [-0.39, 0.29) is 12.8 Å². The second-order valence-electron chi connectivity index (χ2n) is 19.7. The van der Waals surface area contributed by atoms with E-state index in [1.165, 1.54) is 180 Å². The Kier molecular flexibility index (Phi) is 42.0. The van der Waals surface area contributed by atoms with E-state index in [9.17, 15) is 40.5 Å². The Hall–Kier alpha value is -1.15. The Labute approximate surface area is 398 Å². The Morgan fingerprint density at radius 2 is 0.908 bits per heavy atom. The highest BCUT2D eigenvalue weighted by Crippen LogP contribution is 2.23. The molecule has 1 aliphatic rings. The molecule has 1 aliphatic heterocycles. The average Bonchev–Trinajstić information content (AvgIpc) is 3.31. The van der Waals surface area contributed by atoms with Crippen molar-refractivity contribution in [2.75, 3.05) is 13.2 Å². The highest BCUT2D eigenvalue weighted by molar-refractivity contribution is 5.80. The second-order valence-corrected chi connectivity index (χ2v) is 19.7. The van der Waals surface area contributed by atoms with Crippen molar-refractivity contribution in [1.82, 2.24) is 5.32 Å². The molecule has 1 fully saturated rings. The van der Waals surface area contributed by atoms with Crippen molar-refractivity contribution in [3.8, 4) is 0 Å². The first-order valence-electron chi connectivity index (χ1n) is 27.6. The Balaban J connectivity index is 2.30. The predicted octanol–water partition coefficient (Wildman–Crippen LogP) is 10.8. The van der Waals surface area contributed by atoms with Crippen LogP contribution in [0.3, 0.4) is 0 Å². The zero-order chi connectivity index (χ0) is 47.6. The van der Waals surface area contributed by atoms with E-state index in [1.54, 1.807) is 0 Å². The summed E-state index contributed by atoms with van der Waals surface area (Å²) in [6.45, 7) is 3.45. The zero-order valence-corrected chi connectivity index (χ0v) is 42.0. The minimum Gasteiger partial charge on any atom is -0.394 e. The van der Waals surface area contributed by atoms with Gasteiger partial charge in [-0.3, -0.25) is 4.79 Å². The van der Waals surface area contributed by atoms with E-state index < -0.39 is 74.2 Å². The predicted molar refractivity (Wildman–Crippen MR) is 266 cm³/mol. The van der Waals surface area contributed by atoms with Crippen LogP contribution in [0.5, 0.6) is 0 Å². The molecule has 1 rings (SSSR count). The molecule has 9 atom stereocenters. The van der Waals surface area contributed by atoms with Crippen molar-refractivity contribution < 1.29 is 50.0 Å². The number of carbonyl (C=O) groups is 1. The molecule has 11 nitrogen and oxygen atoms in total. The van der Waals surface area contributed by atoms with Gasteiger partial charge in [0.05, 0.1) is 25.4 Å². The van der Waals surface area contributed by atoms with Crippen LogP contribution in [0.2, 0.25) is 0 Å². The highest BCUT2D eigenvalue weighted by atomic mass is 16.7. The summed E-state index contributed by atoms with van der Waals surface area (Å²) in [7, 11) is 0. The number of amides is 1. The van der Waals surface area contributed by atoms with Crippen LogP contribution in [0, 0.1) is 0 Å². The van der Waals surface area contributed by atoms with Crippen molar-refractivity contribution in [2.45, 2.75) is 313 Å². The van der Waals surface area contributed by atoms with Gasteiger partial charge < -0.3 is 50.5 Å². The molecular weight excluding hydrogens is 823 g/mol. The van der Waals surface area contributed by atoms with Crippen LogP contribution >= 0.6 is 0 Å². The molecule has 0 aromatic rings. The van der Waals surface area contributed by atoms with Crippen LogP contribution in [-0.4, -0.2) is 110 Å². The van der Waals surface area contributed by atoms with Gasteiger partial charge in [0.25, 0.3) is 0 Å². The van der Waals surface area contributed by atoms with Gasteiger partial charge in [-0.25, -0.2) is 0 Å². The number of allylic oxidation sites excluding steroid dienone is 2. The SMILES string of the molecule is CCCCCCCCCCCCCCCCCCCCCCC/C=C/CCCC(O)C(O)C(COC1OC(CO)C(O)C(O)C1O)NC(=O)C(O)CCCCCCCCCCCCCC. The number of aliphatic hydroxyl groups excluding tert-OH is 7. The van der Waals surface area contributed by atoms with Crippen molar-refractivity contribution in [3.63, 3.8) is 0 Å². The molecule has 0 spiro atoms. The quantitative estimate of drug-likeness (QED) is 0.0215. The van der Waals surface area contributed by atoms with E-state index in [0.29, 0.717) is 12.8 Å². The minimum absolute atomic E-state index is 0.258. The van der Waals surface area contributed by atoms with Crippen LogP contribution in [0.1, 0.15) is 258 Å². The smallest absolute Gasteiger partial charge is 0.249 e. The van der Waals surface area contributed by atoms with Crippen LogP contribution in [0.4, 0.5) is 0 Å². The van der Waals surface area contributed by atoms with Gasteiger partial charge in [-0.15, -0.1) is 0 Å². The van der Waals surface area contributed by atoms with E-state index in [0.717, 1.165) is 38.5 Å². The number of aliphatic hydroxyl groups is 7. The third kappa shape index (κ3) is 33.1. The van der Waals surface area contributed by atoms with E-state index >= 15 is 0 Å². The fourth-order valence-electron chi connectivity index (χ4n) is 9.03. The van der Waals surface area contributed by atoms with Gasteiger partial charge in [-0.1, -0.05) is 231 Å². The topological polar surface area (TPSA) is 189 Å². The van der Waals surface area contributed by atoms with Crippen molar-refractivity contribution >= 4 is 5.91 Å². The lowest BCUT2D eigenvalue weighted by atomic mass is 9.98. The maximum absolute atomic E-state index is 13.1. The standard InChI is InChI=1S/C54H105NO10/c1-3-5-7-9-11-13-15-17-18-19-20-21-22-23-24-25-26-27-28-29-30-32-33-35-37-39-41-46(57)49(59)45(44-64-54-52(62)51(61)50(60)48(43-56)65-54)55-53(63)47(58)42-40-38-36-34-31-16-14-12-10-8-6-4-2/h33,35,45-52,54,56-62H,3-32,34,36-44H2,1-2H3,(H,55,63)/b35-33+. The first kappa shape index (κ1) is 61.9. The summed E-state index contributed by atoms with van der Waals surface area (Å²) >= 11 is 0. The number of nitrogens with one attached hydrogen (secondary N) is 1. The summed E-state index contributed by atoms with van der Waals surface area (Å²) < 4.78 is 11.1. The molecular formula is C54H105NO10. The maximum Gasteiger partial charge on any atom is 0.249 e. The van der Waals surface area contributed by atoms with Crippen LogP contribution in [-0.2, 0) is 14.3 Å². The normalized spacial score (nSPS) is 20.9. The average molecular weight is 928 g/mol. The molecule has 386 valence electrons. The molecule has 9 unspecified atom stereocenters. The fraction of sp³-hybridized carbons (Fsp3) is 0.944. The van der Waals surface area contributed by atoms with E-state index in [4.69, 9.17) is 9.47 Å². The lowest BCUT2D eigenvalue weighted by Crippen LogP contribution is -2.60. The summed E-state index contributed by atoms with van der Waals surface area (Å²) in [4.78, 5) is 13.1. The zero-order valence-electron chi connectivity index (χ0n) is 42.0. The fourth-order valence-corrected chi connectivity index (χ4v) is 9.03. The third-order valence-electron chi connectivity index (χ3n) is 13.6. The highest BCUT2D eigenvalue weighted by Gasteiger charge is 2.44. The summed E-state index contributed by atoms with van der Waals surface area (Å²) in [6, 6.07) is -1.18. The Morgan fingerprint density at radius 1 is 0.523 bits per heavy atom. The number of ether oxygens (including phenoxy) is 2. The summed E-state index contributed by atoms with van der Waals surface area (Å²) in [6.07, 6.45) is 38.5. The summed E-state index contributed by atoms with van der Waals surface area (Å²) in [5, 5.41) is 75.9. The van der Waals surface area contributed by atoms with Crippen molar-refractivity contribution in [1.29, 1.82) is 0 Å². The number of rotatable bonds is 47. The molecule has 0 saturated carbocycles. The maximum atomic E-state index is 13.1. The lowest BCUT2D eigenvalue weighted by Gasteiger charge is -2.40. The molecule has 0 radical (unpaired) electrons. The van der Waals surface area contributed by atoms with Gasteiger partial charge in [-0.05, 0) is 38.5 Å². The van der Waals surface area contributed by atoms with Gasteiger partial charge >= 0.3 is 0 Å². The van der Waals surface area contributed by atoms with Crippen LogP contribution in [0.25, 0.3) is 0 Å². The van der Waals surface area contributed by atoms with E-state index in [2.05, 4.69) is 31.3 Å². The molecule has 8 N–H and O–H groups in total. The monoisotopic (exact) mass is 928 g/mol. The third-order valence-corrected chi connectivity index (χ3v) is 13.6. The van der Waals surface area contributed by atoms with Crippen molar-refractivity contribution in [3.05, 3.63) is 12.2 Å². The van der Waals surface area contributed by atoms with Crippen LogP contribution < -0.4 is 5.32 Å². The molecule has 0 aromatic heterocycles. The molecule has 65 heavy (non-hydrogen) atoms. The van der Waals surface area contributed by atoms with Gasteiger partial charge in [0, 0.05) is 0 Å². The largest absolute Gasteiger partial charge is 0.394 e. The first-order chi connectivity index (χ1) is 31.7. The molecule has 1 heterocycles. The number of hydrogen-bond donors (Lipinski definition) is 8. The Morgan fingerprint density at radius 3 is 1.32 bits per heavy atom. The summed E-state index contributed by atoms with van der Waals surface area (Å²) in [5.74, 6) is -0.704.